The topological polar surface area (TPSA) is 78.9 Å². The van der Waals surface area contributed by atoms with Crippen LogP contribution in [-0.4, -0.2) is 0 Å². The third-order valence-corrected chi connectivity index (χ3v) is 6.80. The summed E-state index contributed by atoms with van der Waals surface area (Å²) in [7, 11) is 0. The molecular formula is C24H18O6. The second-order valence-corrected chi connectivity index (χ2v) is 8.32. The molecule has 0 spiro atoms. The van der Waals surface area contributed by atoms with Gasteiger partial charge in [-0.1, -0.05) is 31.2 Å². The lowest BCUT2D eigenvalue weighted by atomic mass is 9.67. The van der Waals surface area contributed by atoms with Crippen molar-refractivity contribution in [3.8, 4) is 11.5 Å². The van der Waals surface area contributed by atoms with E-state index < -0.39 is 22.5 Å². The quantitative estimate of drug-likeness (QED) is 0.404. The largest absolute Gasteiger partial charge is 0.480 e. The first-order chi connectivity index (χ1) is 14.3. The van der Waals surface area contributed by atoms with Crippen molar-refractivity contribution < 1.29 is 18.3 Å². The lowest BCUT2D eigenvalue weighted by Crippen LogP contribution is -2.60. The number of benzene rings is 2. The van der Waals surface area contributed by atoms with Crippen LogP contribution in [0.25, 0.3) is 21.9 Å². The molecule has 0 fully saturated rings. The van der Waals surface area contributed by atoms with Crippen LogP contribution in [0.4, 0.5) is 0 Å². The van der Waals surface area contributed by atoms with Crippen molar-refractivity contribution in [3.63, 3.8) is 0 Å². The molecule has 2 atom stereocenters. The Kier molecular flexibility index (Phi) is 3.08. The molecule has 4 heterocycles. The minimum absolute atomic E-state index is 0.328. The number of hydrogen-bond donors (Lipinski definition) is 0. The van der Waals surface area contributed by atoms with Crippen LogP contribution in [0.2, 0.25) is 0 Å². The van der Waals surface area contributed by atoms with Gasteiger partial charge in [0.1, 0.15) is 45.0 Å². The van der Waals surface area contributed by atoms with Crippen LogP contribution in [0.5, 0.6) is 11.5 Å². The predicted octanol–water partition coefficient (Wildman–Crippen LogP) is 4.45. The first kappa shape index (κ1) is 17.3. The summed E-state index contributed by atoms with van der Waals surface area (Å²) < 4.78 is 24.2. The first-order valence-electron chi connectivity index (χ1n) is 9.85. The summed E-state index contributed by atoms with van der Waals surface area (Å²) in [6.45, 7) is 5.62. The highest BCUT2D eigenvalue weighted by Gasteiger charge is 2.61. The fourth-order valence-electron chi connectivity index (χ4n) is 4.97. The minimum Gasteiger partial charge on any atom is -0.480 e. The number of para-hydroxylation sites is 2. The molecule has 6 heteroatoms. The van der Waals surface area contributed by atoms with E-state index in [4.69, 9.17) is 18.3 Å². The van der Waals surface area contributed by atoms with Crippen LogP contribution >= 0.6 is 0 Å². The normalized spacial score (nSPS) is 26.6. The molecule has 2 unspecified atom stereocenters. The summed E-state index contributed by atoms with van der Waals surface area (Å²) in [5.74, 6) is 0.421. The monoisotopic (exact) mass is 402 g/mol. The van der Waals surface area contributed by atoms with Gasteiger partial charge < -0.3 is 18.3 Å². The molecule has 4 aromatic rings. The van der Waals surface area contributed by atoms with Crippen molar-refractivity contribution in [2.24, 2.45) is 5.92 Å². The van der Waals surface area contributed by atoms with E-state index in [1.807, 2.05) is 45.0 Å². The van der Waals surface area contributed by atoms with Gasteiger partial charge in [-0.2, -0.15) is 0 Å². The molecule has 2 aromatic carbocycles. The van der Waals surface area contributed by atoms with E-state index >= 15 is 0 Å². The highest BCUT2D eigenvalue weighted by atomic mass is 16.5. The molecule has 30 heavy (non-hydrogen) atoms. The van der Waals surface area contributed by atoms with E-state index in [2.05, 4.69) is 0 Å². The van der Waals surface area contributed by atoms with Gasteiger partial charge in [-0.05, 0) is 38.1 Å². The maximum atomic E-state index is 13.1. The Balaban J connectivity index is 1.77. The van der Waals surface area contributed by atoms with Gasteiger partial charge >= 0.3 is 11.3 Å². The number of ether oxygens (including phenoxy) is 2. The Morgan fingerprint density at radius 3 is 1.53 bits per heavy atom. The Labute approximate surface area is 170 Å². The zero-order valence-electron chi connectivity index (χ0n) is 16.6. The SMILES string of the molecule is CC1C2(C)Oc3c(c(=O)oc4ccccc34)C1(C)Oc1c2c(=O)oc2ccccc12. The first-order valence-corrected chi connectivity index (χ1v) is 9.85. The van der Waals surface area contributed by atoms with Crippen LogP contribution in [0.1, 0.15) is 31.9 Å². The minimum atomic E-state index is -1.06. The molecule has 0 amide bonds. The summed E-state index contributed by atoms with van der Waals surface area (Å²) in [5, 5.41) is 1.32. The molecule has 0 radical (unpaired) electrons. The zero-order valence-corrected chi connectivity index (χ0v) is 16.6. The Bertz CT molecular complexity index is 1380. The van der Waals surface area contributed by atoms with Gasteiger partial charge in [-0.15, -0.1) is 0 Å². The van der Waals surface area contributed by atoms with Gasteiger partial charge in [0.05, 0.1) is 10.8 Å². The third kappa shape index (κ3) is 1.89. The second kappa shape index (κ2) is 5.33. The van der Waals surface area contributed by atoms with E-state index in [1.54, 1.807) is 24.3 Å². The van der Waals surface area contributed by atoms with Crippen LogP contribution in [0.3, 0.4) is 0 Å². The standard InChI is InChI=1S/C24H18O6/c1-12-23(2)17-19(13-8-4-6-10-15(13)27-21(17)25)30-24(12,3)18-20(29-23)14-9-5-7-11-16(14)28-22(18)26/h4-12H,1-3H3. The lowest BCUT2D eigenvalue weighted by molar-refractivity contribution is -0.130. The molecule has 2 aliphatic heterocycles. The molecule has 2 aromatic heterocycles. The van der Waals surface area contributed by atoms with Gasteiger partial charge in [0.2, 0.25) is 0 Å². The van der Waals surface area contributed by atoms with E-state index in [0.29, 0.717) is 44.6 Å². The zero-order chi connectivity index (χ0) is 20.8. The number of rotatable bonds is 0. The molecule has 0 saturated carbocycles. The highest BCUT2D eigenvalue weighted by molar-refractivity contribution is 5.87. The van der Waals surface area contributed by atoms with Gasteiger partial charge in [-0.25, -0.2) is 9.59 Å². The van der Waals surface area contributed by atoms with Gasteiger partial charge in [-0.3, -0.25) is 0 Å². The van der Waals surface area contributed by atoms with Crippen LogP contribution in [0, 0.1) is 5.92 Å². The van der Waals surface area contributed by atoms with Crippen molar-refractivity contribution in [3.05, 3.63) is 80.5 Å². The molecule has 150 valence electrons. The predicted molar refractivity (Wildman–Crippen MR) is 110 cm³/mol. The second-order valence-electron chi connectivity index (χ2n) is 8.32. The van der Waals surface area contributed by atoms with Crippen LogP contribution in [-0.2, 0) is 11.2 Å². The van der Waals surface area contributed by atoms with Gasteiger partial charge in [0.15, 0.2) is 0 Å². The van der Waals surface area contributed by atoms with Crippen molar-refractivity contribution >= 4 is 21.9 Å². The van der Waals surface area contributed by atoms with E-state index in [1.165, 1.54) is 0 Å². The van der Waals surface area contributed by atoms with E-state index in [9.17, 15) is 9.59 Å². The van der Waals surface area contributed by atoms with Gasteiger partial charge in [0.25, 0.3) is 0 Å². The molecule has 6 rings (SSSR count). The molecule has 6 nitrogen and oxygen atoms in total. The van der Waals surface area contributed by atoms with Crippen LogP contribution in [0.15, 0.2) is 67.0 Å². The van der Waals surface area contributed by atoms with Crippen molar-refractivity contribution in [2.45, 2.75) is 32.0 Å². The molecule has 0 saturated heterocycles. The third-order valence-electron chi connectivity index (χ3n) is 6.80. The maximum Gasteiger partial charge on any atom is 0.347 e. The fourth-order valence-corrected chi connectivity index (χ4v) is 4.97. The van der Waals surface area contributed by atoms with Crippen LogP contribution < -0.4 is 20.7 Å². The molecule has 0 aliphatic carbocycles. The summed E-state index contributed by atoms with van der Waals surface area (Å²) >= 11 is 0. The number of hydrogen-bond acceptors (Lipinski definition) is 6. The smallest absolute Gasteiger partial charge is 0.347 e. The number of fused-ring (bicyclic) bond motifs is 10. The van der Waals surface area contributed by atoms with Gasteiger partial charge in [0, 0.05) is 5.92 Å². The average molecular weight is 402 g/mol. The Hall–Kier alpha value is -3.54. The summed E-state index contributed by atoms with van der Waals surface area (Å²) in [4.78, 5) is 26.1. The molecule has 2 aliphatic rings. The summed E-state index contributed by atoms with van der Waals surface area (Å²) in [6.07, 6.45) is 0. The average Bonchev–Trinajstić information content (AvgIpc) is 2.71. The lowest BCUT2D eigenvalue weighted by Gasteiger charge is -2.53. The summed E-state index contributed by atoms with van der Waals surface area (Å²) in [6, 6.07) is 14.4. The fraction of sp³-hybridized carbons (Fsp3) is 0.250. The van der Waals surface area contributed by atoms with E-state index in [-0.39, 0.29) is 5.92 Å². The van der Waals surface area contributed by atoms with Crippen molar-refractivity contribution in [1.29, 1.82) is 0 Å². The summed E-state index contributed by atoms with van der Waals surface area (Å²) in [5.41, 5.74) is -1.62. The molecular weight excluding hydrogens is 384 g/mol. The van der Waals surface area contributed by atoms with E-state index in [0.717, 1.165) is 0 Å². The van der Waals surface area contributed by atoms with Crippen molar-refractivity contribution in [1.82, 2.24) is 0 Å². The van der Waals surface area contributed by atoms with Crippen molar-refractivity contribution in [2.75, 3.05) is 0 Å². The Morgan fingerprint density at radius 1 is 0.700 bits per heavy atom. The molecule has 2 bridgehead atoms. The maximum absolute atomic E-state index is 13.1. The molecule has 0 N–H and O–H groups in total. The Morgan fingerprint density at radius 2 is 1.10 bits per heavy atom. The highest BCUT2D eigenvalue weighted by Crippen LogP contribution is 2.59.